The third kappa shape index (κ3) is 3.86. The Kier molecular flexibility index (Phi) is 4.62. The number of rotatable bonds is 4. The SMILES string of the molecule is C=C/C(=C\C=C(/C)c1ccc(O)cc1)c1ccc(O)cc1. The third-order valence-electron chi connectivity index (χ3n) is 3.26. The van der Waals surface area contributed by atoms with Crippen LogP contribution in [0, 0.1) is 0 Å². The zero-order chi connectivity index (χ0) is 15.2. The van der Waals surface area contributed by atoms with Crippen molar-refractivity contribution in [3.8, 4) is 11.5 Å². The Morgan fingerprint density at radius 1 is 0.810 bits per heavy atom. The topological polar surface area (TPSA) is 40.5 Å². The van der Waals surface area contributed by atoms with E-state index in [1.54, 1.807) is 30.3 Å². The molecule has 0 aromatic heterocycles. The van der Waals surface area contributed by atoms with Crippen LogP contribution in [-0.4, -0.2) is 10.2 Å². The highest BCUT2D eigenvalue weighted by Gasteiger charge is 1.98. The minimum Gasteiger partial charge on any atom is -0.508 e. The van der Waals surface area contributed by atoms with E-state index in [9.17, 15) is 10.2 Å². The van der Waals surface area contributed by atoms with E-state index in [4.69, 9.17) is 0 Å². The number of benzene rings is 2. The van der Waals surface area contributed by atoms with Crippen LogP contribution in [0.1, 0.15) is 18.1 Å². The van der Waals surface area contributed by atoms with Gasteiger partial charge in [0.1, 0.15) is 11.5 Å². The molecule has 2 aromatic carbocycles. The Morgan fingerprint density at radius 3 is 1.76 bits per heavy atom. The van der Waals surface area contributed by atoms with Crippen LogP contribution >= 0.6 is 0 Å². The molecule has 0 unspecified atom stereocenters. The van der Waals surface area contributed by atoms with Gasteiger partial charge in [-0.2, -0.15) is 0 Å². The van der Waals surface area contributed by atoms with Gasteiger partial charge in [-0.15, -0.1) is 0 Å². The summed E-state index contributed by atoms with van der Waals surface area (Å²) >= 11 is 0. The van der Waals surface area contributed by atoms with Crippen molar-refractivity contribution >= 4 is 11.1 Å². The van der Waals surface area contributed by atoms with Gasteiger partial charge in [0.05, 0.1) is 0 Å². The van der Waals surface area contributed by atoms with Crippen LogP contribution in [0.25, 0.3) is 11.1 Å². The molecule has 0 saturated heterocycles. The Hall–Kier alpha value is -2.74. The van der Waals surface area contributed by atoms with E-state index in [1.165, 1.54) is 0 Å². The van der Waals surface area contributed by atoms with Crippen molar-refractivity contribution in [3.05, 3.63) is 84.5 Å². The molecule has 0 atom stereocenters. The zero-order valence-corrected chi connectivity index (χ0v) is 12.0. The molecular weight excluding hydrogens is 260 g/mol. The molecule has 2 aromatic rings. The van der Waals surface area contributed by atoms with Crippen LogP contribution in [0.3, 0.4) is 0 Å². The molecule has 0 amide bonds. The van der Waals surface area contributed by atoms with Gasteiger partial charge in [-0.25, -0.2) is 0 Å². The van der Waals surface area contributed by atoms with Gasteiger partial charge in [-0.1, -0.05) is 49.1 Å². The van der Waals surface area contributed by atoms with E-state index < -0.39 is 0 Å². The molecule has 2 nitrogen and oxygen atoms in total. The van der Waals surface area contributed by atoms with E-state index in [0.29, 0.717) is 0 Å². The standard InChI is InChI=1S/C19H18O2/c1-3-15(17-8-12-19(21)13-9-17)5-4-14(2)16-6-10-18(20)11-7-16/h3-13,20-21H,1H2,2H3/b14-4+,15-5+. The molecule has 106 valence electrons. The molecule has 2 heteroatoms. The molecule has 2 rings (SSSR count). The number of phenolic OH excluding ortho intramolecular Hbond substituents is 2. The Labute approximate surface area is 125 Å². The van der Waals surface area contributed by atoms with Crippen molar-refractivity contribution < 1.29 is 10.2 Å². The van der Waals surface area contributed by atoms with Crippen LogP contribution in [0.2, 0.25) is 0 Å². The minimum absolute atomic E-state index is 0.248. The summed E-state index contributed by atoms with van der Waals surface area (Å²) in [5.74, 6) is 0.510. The lowest BCUT2D eigenvalue weighted by atomic mass is 10.0. The fourth-order valence-corrected chi connectivity index (χ4v) is 1.97. The minimum atomic E-state index is 0.248. The van der Waals surface area contributed by atoms with Crippen molar-refractivity contribution in [1.29, 1.82) is 0 Å². The maximum Gasteiger partial charge on any atom is 0.115 e. The van der Waals surface area contributed by atoms with E-state index in [2.05, 4.69) is 6.58 Å². The number of phenols is 2. The average molecular weight is 278 g/mol. The van der Waals surface area contributed by atoms with E-state index in [-0.39, 0.29) is 11.5 Å². The van der Waals surface area contributed by atoms with Crippen molar-refractivity contribution in [3.63, 3.8) is 0 Å². The number of hydrogen-bond acceptors (Lipinski definition) is 2. The quantitative estimate of drug-likeness (QED) is 0.791. The molecule has 0 fully saturated rings. The predicted octanol–water partition coefficient (Wildman–Crippen LogP) is 4.77. The molecule has 0 aliphatic carbocycles. The number of allylic oxidation sites excluding steroid dienone is 5. The first kappa shape index (κ1) is 14.7. The highest BCUT2D eigenvalue weighted by molar-refractivity contribution is 5.77. The fourth-order valence-electron chi connectivity index (χ4n) is 1.97. The molecule has 0 spiro atoms. The predicted molar refractivity (Wildman–Crippen MR) is 88.0 cm³/mol. The summed E-state index contributed by atoms with van der Waals surface area (Å²) < 4.78 is 0. The van der Waals surface area contributed by atoms with Crippen LogP contribution < -0.4 is 0 Å². The summed E-state index contributed by atoms with van der Waals surface area (Å²) in [5, 5.41) is 18.6. The Bertz CT molecular complexity index is 675. The van der Waals surface area contributed by atoms with Gasteiger partial charge < -0.3 is 10.2 Å². The smallest absolute Gasteiger partial charge is 0.115 e. The van der Waals surface area contributed by atoms with Gasteiger partial charge in [0.15, 0.2) is 0 Å². The van der Waals surface area contributed by atoms with Crippen molar-refractivity contribution in [2.24, 2.45) is 0 Å². The highest BCUT2D eigenvalue weighted by atomic mass is 16.3. The largest absolute Gasteiger partial charge is 0.508 e. The van der Waals surface area contributed by atoms with E-state index >= 15 is 0 Å². The lowest BCUT2D eigenvalue weighted by Crippen LogP contribution is -1.81. The summed E-state index contributed by atoms with van der Waals surface area (Å²) in [6.45, 7) is 5.84. The molecule has 0 saturated carbocycles. The van der Waals surface area contributed by atoms with Crippen molar-refractivity contribution in [2.75, 3.05) is 0 Å². The molecule has 0 heterocycles. The van der Waals surface area contributed by atoms with E-state index in [1.807, 2.05) is 43.3 Å². The molecule has 21 heavy (non-hydrogen) atoms. The van der Waals surface area contributed by atoms with Crippen molar-refractivity contribution in [2.45, 2.75) is 6.92 Å². The summed E-state index contributed by atoms with van der Waals surface area (Å²) in [4.78, 5) is 0. The second-order valence-electron chi connectivity index (χ2n) is 4.77. The van der Waals surface area contributed by atoms with Gasteiger partial charge in [-0.05, 0) is 53.5 Å². The van der Waals surface area contributed by atoms with Crippen LogP contribution in [0.4, 0.5) is 0 Å². The Morgan fingerprint density at radius 2 is 1.29 bits per heavy atom. The van der Waals surface area contributed by atoms with Gasteiger partial charge in [0.25, 0.3) is 0 Å². The summed E-state index contributed by atoms with van der Waals surface area (Å²) in [6.07, 6.45) is 5.78. The van der Waals surface area contributed by atoms with E-state index in [0.717, 1.165) is 22.3 Å². The van der Waals surface area contributed by atoms with Crippen LogP contribution in [0.5, 0.6) is 11.5 Å². The maximum atomic E-state index is 9.32. The maximum absolute atomic E-state index is 9.32. The van der Waals surface area contributed by atoms with Gasteiger partial charge in [-0.3, -0.25) is 0 Å². The van der Waals surface area contributed by atoms with Crippen molar-refractivity contribution in [1.82, 2.24) is 0 Å². The zero-order valence-electron chi connectivity index (χ0n) is 12.0. The summed E-state index contributed by atoms with van der Waals surface area (Å²) in [6, 6.07) is 14.1. The molecule has 0 aliphatic rings. The van der Waals surface area contributed by atoms with Gasteiger partial charge in [0.2, 0.25) is 0 Å². The lowest BCUT2D eigenvalue weighted by molar-refractivity contribution is 0.474. The third-order valence-corrected chi connectivity index (χ3v) is 3.26. The second-order valence-corrected chi connectivity index (χ2v) is 4.77. The lowest BCUT2D eigenvalue weighted by Gasteiger charge is -2.03. The molecule has 0 aliphatic heterocycles. The van der Waals surface area contributed by atoms with Crippen LogP contribution in [-0.2, 0) is 0 Å². The molecular formula is C19H18O2. The Balaban J connectivity index is 2.27. The van der Waals surface area contributed by atoms with Crippen LogP contribution in [0.15, 0.2) is 73.3 Å². The van der Waals surface area contributed by atoms with Gasteiger partial charge in [0, 0.05) is 0 Å². The fraction of sp³-hybridized carbons (Fsp3) is 0.0526. The highest BCUT2D eigenvalue weighted by Crippen LogP contribution is 2.21. The summed E-state index contributed by atoms with van der Waals surface area (Å²) in [5.41, 5.74) is 4.12. The first-order valence-corrected chi connectivity index (χ1v) is 6.70. The average Bonchev–Trinajstić information content (AvgIpc) is 2.50. The summed E-state index contributed by atoms with van der Waals surface area (Å²) in [7, 11) is 0. The molecule has 0 radical (unpaired) electrons. The molecule has 2 N–H and O–H groups in total. The normalized spacial score (nSPS) is 12.2. The number of hydrogen-bond donors (Lipinski definition) is 2. The number of aromatic hydroxyl groups is 2. The second kappa shape index (κ2) is 6.62. The van der Waals surface area contributed by atoms with Gasteiger partial charge >= 0.3 is 0 Å². The molecule has 0 bridgehead atoms. The monoisotopic (exact) mass is 278 g/mol. The first-order valence-electron chi connectivity index (χ1n) is 6.70. The first-order chi connectivity index (χ1) is 10.1.